The van der Waals surface area contributed by atoms with Gasteiger partial charge in [-0.15, -0.1) is 0 Å². The molecule has 0 saturated carbocycles. The molecule has 0 aliphatic carbocycles. The van der Waals surface area contributed by atoms with Crippen LogP contribution in [-0.2, 0) is 11.2 Å². The summed E-state index contributed by atoms with van der Waals surface area (Å²) in [6.45, 7) is 1.83. The van der Waals surface area contributed by atoms with Crippen molar-refractivity contribution in [3.05, 3.63) is 64.2 Å². The maximum absolute atomic E-state index is 12.2. The van der Waals surface area contributed by atoms with Gasteiger partial charge in [-0.25, -0.2) is 0 Å². The Morgan fingerprint density at radius 2 is 1.96 bits per heavy atom. The van der Waals surface area contributed by atoms with E-state index in [0.29, 0.717) is 16.3 Å². The van der Waals surface area contributed by atoms with Gasteiger partial charge in [-0.2, -0.15) is 0 Å². The highest BCUT2D eigenvalue weighted by atomic mass is 35.5. The molecule has 0 bridgehead atoms. The molecule has 2 rings (SSSR count). The van der Waals surface area contributed by atoms with Crippen LogP contribution in [-0.4, -0.2) is 30.6 Å². The number of para-hydroxylation sites is 1. The molecule has 2 aromatic rings. The average molecular weight is 362 g/mol. The van der Waals surface area contributed by atoms with Crippen LogP contribution < -0.4 is 10.1 Å². The number of hydrogen-bond donors (Lipinski definition) is 2. The number of ether oxygens (including phenoxy) is 1. The van der Waals surface area contributed by atoms with E-state index in [2.05, 4.69) is 5.32 Å². The summed E-state index contributed by atoms with van der Waals surface area (Å²) in [4.78, 5) is 23.8. The number of aliphatic carboxylic acids is 1. The van der Waals surface area contributed by atoms with Gasteiger partial charge in [0, 0.05) is 17.1 Å². The van der Waals surface area contributed by atoms with Crippen molar-refractivity contribution in [2.45, 2.75) is 13.3 Å². The van der Waals surface area contributed by atoms with Crippen LogP contribution in [0.1, 0.15) is 21.5 Å². The highest BCUT2D eigenvalue weighted by molar-refractivity contribution is 6.31. The number of carboxylic acid groups (broad SMARTS) is 1. The molecule has 0 radical (unpaired) electrons. The van der Waals surface area contributed by atoms with Crippen molar-refractivity contribution in [2.24, 2.45) is 5.92 Å². The van der Waals surface area contributed by atoms with E-state index in [4.69, 9.17) is 16.3 Å². The van der Waals surface area contributed by atoms with Crippen LogP contribution in [0.2, 0.25) is 5.02 Å². The number of amides is 1. The first-order valence-electron chi connectivity index (χ1n) is 7.81. The summed E-state index contributed by atoms with van der Waals surface area (Å²) >= 11 is 5.95. The minimum absolute atomic E-state index is 0.0217. The third-order valence-corrected chi connectivity index (χ3v) is 4.36. The SMILES string of the molecule is COc1ccccc1CC(CNC(=O)c1ccc(Cl)c(C)c1)C(=O)O. The number of carboxylic acids is 1. The molecule has 0 saturated heterocycles. The number of nitrogens with one attached hydrogen (secondary N) is 1. The molecule has 25 heavy (non-hydrogen) atoms. The zero-order valence-corrected chi connectivity index (χ0v) is 14.8. The first-order chi connectivity index (χ1) is 11.9. The number of carbonyl (C=O) groups is 2. The van der Waals surface area contributed by atoms with Crippen LogP contribution in [0.5, 0.6) is 5.75 Å². The molecule has 0 fully saturated rings. The van der Waals surface area contributed by atoms with Gasteiger partial charge >= 0.3 is 5.97 Å². The Kier molecular flexibility index (Phi) is 6.42. The first kappa shape index (κ1) is 18.8. The summed E-state index contributed by atoms with van der Waals surface area (Å²) in [5, 5.41) is 12.7. The normalized spacial score (nSPS) is 11.6. The van der Waals surface area contributed by atoms with E-state index in [-0.39, 0.29) is 18.9 Å². The third-order valence-electron chi connectivity index (χ3n) is 3.94. The molecule has 0 heterocycles. The minimum Gasteiger partial charge on any atom is -0.496 e. The van der Waals surface area contributed by atoms with Gasteiger partial charge in [0.25, 0.3) is 5.91 Å². The Hall–Kier alpha value is -2.53. The third kappa shape index (κ3) is 4.97. The first-order valence-corrected chi connectivity index (χ1v) is 8.19. The number of benzene rings is 2. The molecule has 2 aromatic carbocycles. The Bertz CT molecular complexity index is 776. The molecule has 0 aliphatic heterocycles. The van der Waals surface area contributed by atoms with E-state index in [1.54, 1.807) is 38.3 Å². The van der Waals surface area contributed by atoms with Gasteiger partial charge in [0.1, 0.15) is 5.75 Å². The van der Waals surface area contributed by atoms with Crippen molar-refractivity contribution in [1.29, 1.82) is 0 Å². The monoisotopic (exact) mass is 361 g/mol. The Balaban J connectivity index is 2.05. The molecule has 0 aliphatic rings. The second-order valence-corrected chi connectivity index (χ2v) is 6.13. The fourth-order valence-electron chi connectivity index (χ4n) is 2.49. The van der Waals surface area contributed by atoms with E-state index >= 15 is 0 Å². The highest BCUT2D eigenvalue weighted by Gasteiger charge is 2.21. The van der Waals surface area contributed by atoms with Gasteiger partial charge < -0.3 is 15.2 Å². The van der Waals surface area contributed by atoms with Crippen molar-refractivity contribution in [3.63, 3.8) is 0 Å². The number of hydrogen-bond acceptors (Lipinski definition) is 3. The van der Waals surface area contributed by atoms with Crippen LogP contribution in [0.15, 0.2) is 42.5 Å². The maximum atomic E-state index is 12.2. The van der Waals surface area contributed by atoms with Crippen molar-refractivity contribution >= 4 is 23.5 Å². The quantitative estimate of drug-likeness (QED) is 0.793. The zero-order valence-electron chi connectivity index (χ0n) is 14.1. The predicted molar refractivity (Wildman–Crippen MR) is 96.3 cm³/mol. The molecule has 132 valence electrons. The van der Waals surface area contributed by atoms with Crippen LogP contribution in [0.4, 0.5) is 0 Å². The van der Waals surface area contributed by atoms with Crippen LogP contribution in [0.3, 0.4) is 0 Å². The lowest BCUT2D eigenvalue weighted by Crippen LogP contribution is -2.34. The standard InChI is InChI=1S/C19H20ClNO4/c1-12-9-14(7-8-16(12)20)18(22)21-11-15(19(23)24)10-13-5-3-4-6-17(13)25-2/h3-9,15H,10-11H2,1-2H3,(H,21,22)(H,23,24). The van der Waals surface area contributed by atoms with E-state index in [1.807, 2.05) is 18.2 Å². The van der Waals surface area contributed by atoms with Gasteiger partial charge in [0.15, 0.2) is 0 Å². The van der Waals surface area contributed by atoms with Gasteiger partial charge in [-0.05, 0) is 48.7 Å². The summed E-state index contributed by atoms with van der Waals surface area (Å²) in [5.41, 5.74) is 2.02. The molecule has 2 N–H and O–H groups in total. The van der Waals surface area contributed by atoms with E-state index in [1.165, 1.54) is 0 Å². The lowest BCUT2D eigenvalue weighted by Gasteiger charge is -2.15. The Labute approximate surface area is 151 Å². The minimum atomic E-state index is -0.974. The fraction of sp³-hybridized carbons (Fsp3) is 0.263. The lowest BCUT2D eigenvalue weighted by molar-refractivity contribution is -0.141. The number of rotatable bonds is 7. The number of carbonyl (C=O) groups excluding carboxylic acids is 1. The number of aryl methyl sites for hydroxylation is 1. The predicted octanol–water partition coefficient (Wildman–Crippen LogP) is 3.33. The molecule has 0 spiro atoms. The van der Waals surface area contributed by atoms with Crippen molar-refractivity contribution in [3.8, 4) is 5.75 Å². The Morgan fingerprint density at radius 3 is 2.60 bits per heavy atom. The van der Waals surface area contributed by atoms with E-state index < -0.39 is 11.9 Å². The largest absolute Gasteiger partial charge is 0.496 e. The van der Waals surface area contributed by atoms with Crippen LogP contribution >= 0.6 is 11.6 Å². The number of halogens is 1. The summed E-state index contributed by atoms with van der Waals surface area (Å²) < 4.78 is 5.25. The second kappa shape index (κ2) is 8.53. The van der Waals surface area contributed by atoms with Crippen molar-refractivity contribution in [2.75, 3.05) is 13.7 Å². The molecular formula is C19H20ClNO4. The van der Waals surface area contributed by atoms with Gasteiger partial charge in [-0.1, -0.05) is 29.8 Å². The summed E-state index contributed by atoms with van der Waals surface area (Å²) in [7, 11) is 1.54. The summed E-state index contributed by atoms with van der Waals surface area (Å²) in [6.07, 6.45) is 0.263. The second-order valence-electron chi connectivity index (χ2n) is 5.73. The number of methoxy groups -OCH3 is 1. The molecule has 1 atom stereocenters. The summed E-state index contributed by atoms with van der Waals surface area (Å²) in [5.74, 6) is -1.42. The molecule has 6 heteroatoms. The van der Waals surface area contributed by atoms with Crippen LogP contribution in [0, 0.1) is 12.8 Å². The van der Waals surface area contributed by atoms with E-state index in [0.717, 1.165) is 11.1 Å². The lowest BCUT2D eigenvalue weighted by atomic mass is 9.98. The Morgan fingerprint density at radius 1 is 1.24 bits per heavy atom. The van der Waals surface area contributed by atoms with Crippen molar-refractivity contribution < 1.29 is 19.4 Å². The van der Waals surface area contributed by atoms with Crippen LogP contribution in [0.25, 0.3) is 0 Å². The summed E-state index contributed by atoms with van der Waals surface area (Å²) in [6, 6.07) is 12.2. The topological polar surface area (TPSA) is 75.6 Å². The van der Waals surface area contributed by atoms with Gasteiger partial charge in [0.05, 0.1) is 13.0 Å². The molecular weight excluding hydrogens is 342 g/mol. The fourth-order valence-corrected chi connectivity index (χ4v) is 2.61. The molecule has 1 unspecified atom stereocenters. The van der Waals surface area contributed by atoms with Gasteiger partial charge in [0.2, 0.25) is 0 Å². The average Bonchev–Trinajstić information content (AvgIpc) is 2.60. The molecule has 5 nitrogen and oxygen atoms in total. The highest BCUT2D eigenvalue weighted by Crippen LogP contribution is 2.21. The zero-order chi connectivity index (χ0) is 18.4. The van der Waals surface area contributed by atoms with Crippen molar-refractivity contribution in [1.82, 2.24) is 5.32 Å². The van der Waals surface area contributed by atoms with Gasteiger partial charge in [-0.3, -0.25) is 9.59 Å². The maximum Gasteiger partial charge on any atom is 0.308 e. The molecule has 0 aromatic heterocycles. The van der Waals surface area contributed by atoms with E-state index in [9.17, 15) is 14.7 Å². The smallest absolute Gasteiger partial charge is 0.308 e. The molecule has 1 amide bonds.